The summed E-state index contributed by atoms with van der Waals surface area (Å²) in [5.41, 5.74) is 3.10. The molecule has 3 aromatic rings. The predicted molar refractivity (Wildman–Crippen MR) is 99.1 cm³/mol. The number of hydrogen-bond donors (Lipinski definition) is 1. The first-order chi connectivity index (χ1) is 11.9. The normalized spacial score (nSPS) is 10.0. The second-order valence-electron chi connectivity index (χ2n) is 5.12. The minimum absolute atomic E-state index is 0.0427. The van der Waals surface area contributed by atoms with Crippen LogP contribution >= 0.6 is 0 Å². The largest absolute Gasteiger partial charge is 0.481 e. The predicted octanol–water partition coefficient (Wildman–Crippen LogP) is 5.37. The highest BCUT2D eigenvalue weighted by Gasteiger charge is 2.15. The highest BCUT2D eigenvalue weighted by atomic mass is 16.5. The lowest BCUT2D eigenvalue weighted by Gasteiger charge is -2.20. The van der Waals surface area contributed by atoms with Crippen molar-refractivity contribution < 1.29 is 9.84 Å². The molecule has 0 amide bonds. The van der Waals surface area contributed by atoms with Crippen LogP contribution in [-0.4, -0.2) is 5.11 Å². The van der Waals surface area contributed by atoms with Crippen LogP contribution in [0.15, 0.2) is 84.9 Å². The first-order valence-corrected chi connectivity index (χ1v) is 8.33. The van der Waals surface area contributed by atoms with Gasteiger partial charge in [0.2, 0.25) is 0 Å². The minimum Gasteiger partial charge on any atom is -0.481 e. The SMILES string of the molecule is CC.OCc1ccc(OC(c2ccccc2)c2ccccc2)cc1. The maximum absolute atomic E-state index is 9.13. The van der Waals surface area contributed by atoms with E-state index in [2.05, 4.69) is 24.3 Å². The maximum atomic E-state index is 9.13. The molecular weight excluding hydrogens is 296 g/mol. The van der Waals surface area contributed by atoms with E-state index in [1.54, 1.807) is 0 Å². The molecule has 0 unspecified atom stereocenters. The summed E-state index contributed by atoms with van der Waals surface area (Å²) >= 11 is 0. The molecule has 0 radical (unpaired) electrons. The van der Waals surface area contributed by atoms with Gasteiger partial charge in [0.1, 0.15) is 11.9 Å². The highest BCUT2D eigenvalue weighted by molar-refractivity contribution is 5.34. The van der Waals surface area contributed by atoms with Gasteiger partial charge in [-0.05, 0) is 28.8 Å². The Morgan fingerprint density at radius 2 is 1.17 bits per heavy atom. The Morgan fingerprint density at radius 1 is 0.708 bits per heavy atom. The van der Waals surface area contributed by atoms with E-state index in [0.717, 1.165) is 22.4 Å². The standard InChI is InChI=1S/C20H18O2.C2H6/c21-15-16-11-13-19(14-12-16)22-20(17-7-3-1-4-8-17)18-9-5-2-6-10-18;1-2/h1-14,20-21H,15H2;1-2H3. The molecule has 0 aromatic heterocycles. The van der Waals surface area contributed by atoms with Crippen molar-refractivity contribution in [3.8, 4) is 5.75 Å². The quantitative estimate of drug-likeness (QED) is 0.684. The maximum Gasteiger partial charge on any atom is 0.149 e. The van der Waals surface area contributed by atoms with Crippen molar-refractivity contribution in [2.24, 2.45) is 0 Å². The van der Waals surface area contributed by atoms with Crippen molar-refractivity contribution in [2.45, 2.75) is 26.6 Å². The fourth-order valence-corrected chi connectivity index (χ4v) is 2.39. The van der Waals surface area contributed by atoms with Gasteiger partial charge in [0.25, 0.3) is 0 Å². The van der Waals surface area contributed by atoms with E-state index in [0.29, 0.717) is 0 Å². The molecule has 0 fully saturated rings. The lowest BCUT2D eigenvalue weighted by molar-refractivity contribution is 0.246. The van der Waals surface area contributed by atoms with E-state index in [4.69, 9.17) is 9.84 Å². The molecule has 0 heterocycles. The summed E-state index contributed by atoms with van der Waals surface area (Å²) in [7, 11) is 0. The molecular formula is C22H24O2. The van der Waals surface area contributed by atoms with Crippen LogP contribution in [0.2, 0.25) is 0 Å². The Balaban J connectivity index is 0.00000100. The van der Waals surface area contributed by atoms with Gasteiger partial charge in [0, 0.05) is 0 Å². The number of hydrogen-bond acceptors (Lipinski definition) is 2. The first kappa shape index (κ1) is 17.8. The van der Waals surface area contributed by atoms with Crippen LogP contribution in [0.1, 0.15) is 36.6 Å². The zero-order valence-corrected chi connectivity index (χ0v) is 14.2. The molecule has 0 saturated carbocycles. The molecule has 2 nitrogen and oxygen atoms in total. The average Bonchev–Trinajstić information content (AvgIpc) is 2.69. The topological polar surface area (TPSA) is 29.5 Å². The number of rotatable bonds is 5. The van der Waals surface area contributed by atoms with Gasteiger partial charge in [-0.3, -0.25) is 0 Å². The van der Waals surface area contributed by atoms with Gasteiger partial charge >= 0.3 is 0 Å². The molecule has 0 aliphatic rings. The first-order valence-electron chi connectivity index (χ1n) is 8.33. The minimum atomic E-state index is -0.151. The van der Waals surface area contributed by atoms with Crippen LogP contribution in [0.3, 0.4) is 0 Å². The summed E-state index contributed by atoms with van der Waals surface area (Å²) in [5, 5.41) is 9.13. The Morgan fingerprint density at radius 3 is 1.58 bits per heavy atom. The molecule has 3 rings (SSSR count). The summed E-state index contributed by atoms with van der Waals surface area (Å²) in [6, 6.07) is 27.9. The van der Waals surface area contributed by atoms with E-state index in [1.165, 1.54) is 0 Å². The van der Waals surface area contributed by atoms with E-state index in [1.807, 2.05) is 74.5 Å². The van der Waals surface area contributed by atoms with Gasteiger partial charge < -0.3 is 9.84 Å². The second kappa shape index (κ2) is 9.53. The van der Waals surface area contributed by atoms with Crippen LogP contribution < -0.4 is 4.74 Å². The Kier molecular flexibility index (Phi) is 7.06. The number of benzene rings is 3. The van der Waals surface area contributed by atoms with Crippen molar-refractivity contribution in [3.05, 3.63) is 102 Å². The molecule has 0 atom stereocenters. The van der Waals surface area contributed by atoms with E-state index in [9.17, 15) is 0 Å². The van der Waals surface area contributed by atoms with Gasteiger partial charge in [-0.2, -0.15) is 0 Å². The van der Waals surface area contributed by atoms with Crippen molar-refractivity contribution in [3.63, 3.8) is 0 Å². The second-order valence-corrected chi connectivity index (χ2v) is 5.12. The monoisotopic (exact) mass is 320 g/mol. The van der Waals surface area contributed by atoms with E-state index >= 15 is 0 Å². The smallest absolute Gasteiger partial charge is 0.149 e. The number of ether oxygens (including phenoxy) is 1. The Labute approximate surface area is 144 Å². The molecule has 1 N–H and O–H groups in total. The molecule has 0 spiro atoms. The molecule has 0 bridgehead atoms. The van der Waals surface area contributed by atoms with Crippen molar-refractivity contribution in [1.82, 2.24) is 0 Å². The van der Waals surface area contributed by atoms with Crippen molar-refractivity contribution in [1.29, 1.82) is 0 Å². The summed E-state index contributed by atoms with van der Waals surface area (Å²) in [6.07, 6.45) is -0.151. The molecule has 0 aliphatic heterocycles. The number of aliphatic hydroxyl groups is 1. The lowest BCUT2D eigenvalue weighted by Crippen LogP contribution is -2.09. The van der Waals surface area contributed by atoms with Crippen LogP contribution in [0.5, 0.6) is 5.75 Å². The fraction of sp³-hybridized carbons (Fsp3) is 0.182. The molecule has 124 valence electrons. The Bertz CT molecular complexity index is 652. The summed E-state index contributed by atoms with van der Waals surface area (Å²) in [6.45, 7) is 4.04. The summed E-state index contributed by atoms with van der Waals surface area (Å²) in [5.74, 6) is 0.787. The van der Waals surface area contributed by atoms with Crippen LogP contribution in [0, 0.1) is 0 Å². The van der Waals surface area contributed by atoms with Crippen LogP contribution in [0.25, 0.3) is 0 Å². The zero-order chi connectivity index (χ0) is 17.2. The third-order valence-electron chi connectivity index (χ3n) is 3.56. The third-order valence-corrected chi connectivity index (χ3v) is 3.56. The average molecular weight is 320 g/mol. The van der Waals surface area contributed by atoms with E-state index in [-0.39, 0.29) is 12.7 Å². The van der Waals surface area contributed by atoms with Gasteiger partial charge in [-0.1, -0.05) is 86.6 Å². The molecule has 24 heavy (non-hydrogen) atoms. The molecule has 3 aromatic carbocycles. The fourth-order valence-electron chi connectivity index (χ4n) is 2.39. The van der Waals surface area contributed by atoms with Gasteiger partial charge in [-0.25, -0.2) is 0 Å². The third kappa shape index (κ3) is 4.71. The number of aliphatic hydroxyl groups excluding tert-OH is 1. The van der Waals surface area contributed by atoms with Crippen molar-refractivity contribution in [2.75, 3.05) is 0 Å². The van der Waals surface area contributed by atoms with Gasteiger partial charge in [-0.15, -0.1) is 0 Å². The van der Waals surface area contributed by atoms with Gasteiger partial charge in [0.15, 0.2) is 0 Å². The van der Waals surface area contributed by atoms with Crippen LogP contribution in [0.4, 0.5) is 0 Å². The summed E-state index contributed by atoms with van der Waals surface area (Å²) in [4.78, 5) is 0. The molecule has 0 aliphatic carbocycles. The van der Waals surface area contributed by atoms with Crippen LogP contribution in [-0.2, 0) is 6.61 Å². The zero-order valence-electron chi connectivity index (χ0n) is 14.2. The highest BCUT2D eigenvalue weighted by Crippen LogP contribution is 2.28. The van der Waals surface area contributed by atoms with E-state index < -0.39 is 0 Å². The Hall–Kier alpha value is -2.58. The summed E-state index contributed by atoms with van der Waals surface area (Å²) < 4.78 is 6.20. The molecule has 2 heteroatoms. The van der Waals surface area contributed by atoms with Crippen molar-refractivity contribution >= 4 is 0 Å². The lowest BCUT2D eigenvalue weighted by atomic mass is 10.0. The van der Waals surface area contributed by atoms with Gasteiger partial charge in [0.05, 0.1) is 6.61 Å². The molecule has 0 saturated heterocycles.